The van der Waals surface area contributed by atoms with Gasteiger partial charge in [-0.05, 0) is 48.5 Å². The van der Waals surface area contributed by atoms with Gasteiger partial charge in [0.15, 0.2) is 11.5 Å². The van der Waals surface area contributed by atoms with Crippen molar-refractivity contribution in [2.24, 2.45) is 0 Å². The van der Waals surface area contributed by atoms with Crippen LogP contribution in [-0.2, 0) is 10.0 Å². The van der Waals surface area contributed by atoms with E-state index in [1.165, 1.54) is 30.3 Å². The standard InChI is InChI=1S/C24H22N4O6S/c29-23(26-16-5-7-17(8-6-16)28-12-11-25-24(28)30)19-3-1-2-4-20(19)27-35(31,32)18-9-10-21-22(15-18)34-14-13-33-21/h1-10,15,27H,11-14H2,(H,25,30)(H,26,29). The molecule has 0 unspecified atom stereocenters. The van der Waals surface area contributed by atoms with Crippen LogP contribution in [0.1, 0.15) is 10.4 Å². The molecule has 1 fully saturated rings. The van der Waals surface area contributed by atoms with Gasteiger partial charge < -0.3 is 20.1 Å². The summed E-state index contributed by atoms with van der Waals surface area (Å²) < 4.78 is 39.5. The first kappa shape index (κ1) is 22.5. The predicted octanol–water partition coefficient (Wildman–Crippen LogP) is 3.04. The molecule has 0 aliphatic carbocycles. The number of amides is 3. The van der Waals surface area contributed by atoms with E-state index in [0.29, 0.717) is 49.2 Å². The lowest BCUT2D eigenvalue weighted by Crippen LogP contribution is -2.27. The van der Waals surface area contributed by atoms with E-state index in [9.17, 15) is 18.0 Å². The van der Waals surface area contributed by atoms with E-state index in [4.69, 9.17) is 9.47 Å². The van der Waals surface area contributed by atoms with E-state index in [1.54, 1.807) is 41.3 Å². The molecular formula is C24H22N4O6S. The second-order valence-electron chi connectivity index (χ2n) is 7.84. The molecule has 3 amide bonds. The van der Waals surface area contributed by atoms with Crippen molar-refractivity contribution in [1.29, 1.82) is 0 Å². The zero-order chi connectivity index (χ0) is 24.4. The van der Waals surface area contributed by atoms with Gasteiger partial charge in [0.25, 0.3) is 15.9 Å². The minimum Gasteiger partial charge on any atom is -0.486 e. The zero-order valence-electron chi connectivity index (χ0n) is 18.5. The Morgan fingerprint density at radius 2 is 1.69 bits per heavy atom. The minimum absolute atomic E-state index is 0.0153. The largest absolute Gasteiger partial charge is 0.486 e. The number of sulfonamides is 1. The molecule has 3 aromatic carbocycles. The van der Waals surface area contributed by atoms with Crippen LogP contribution >= 0.6 is 0 Å². The molecule has 5 rings (SSSR count). The number of ether oxygens (including phenoxy) is 2. The van der Waals surface area contributed by atoms with Gasteiger partial charge in [-0.3, -0.25) is 14.4 Å². The molecule has 2 aliphatic rings. The molecule has 0 atom stereocenters. The summed E-state index contributed by atoms with van der Waals surface area (Å²) in [6, 6.07) is 17.3. The Morgan fingerprint density at radius 1 is 0.943 bits per heavy atom. The molecule has 3 aromatic rings. The van der Waals surface area contributed by atoms with Crippen molar-refractivity contribution in [3.8, 4) is 11.5 Å². The number of carbonyl (C=O) groups excluding carboxylic acids is 2. The van der Waals surface area contributed by atoms with Crippen LogP contribution in [0.3, 0.4) is 0 Å². The van der Waals surface area contributed by atoms with Gasteiger partial charge in [-0.25, -0.2) is 13.2 Å². The summed E-state index contributed by atoms with van der Waals surface area (Å²) in [7, 11) is -4.00. The molecular weight excluding hydrogens is 472 g/mol. The van der Waals surface area contributed by atoms with E-state index in [-0.39, 0.29) is 22.2 Å². The van der Waals surface area contributed by atoms with E-state index >= 15 is 0 Å². The topological polar surface area (TPSA) is 126 Å². The van der Waals surface area contributed by atoms with Crippen LogP contribution < -0.4 is 29.7 Å². The summed E-state index contributed by atoms with van der Waals surface area (Å²) in [4.78, 5) is 26.4. The van der Waals surface area contributed by atoms with Crippen LogP contribution in [-0.4, -0.2) is 46.7 Å². The van der Waals surface area contributed by atoms with Crippen LogP contribution in [0, 0.1) is 0 Å². The highest BCUT2D eigenvalue weighted by Crippen LogP contribution is 2.33. The van der Waals surface area contributed by atoms with Crippen molar-refractivity contribution < 1.29 is 27.5 Å². The molecule has 0 spiro atoms. The normalized spacial score (nSPS) is 14.9. The van der Waals surface area contributed by atoms with Gasteiger partial charge in [-0.1, -0.05) is 12.1 Å². The molecule has 0 radical (unpaired) electrons. The molecule has 10 nitrogen and oxygen atoms in total. The Hall–Kier alpha value is -4.25. The summed E-state index contributed by atoms with van der Waals surface area (Å²) in [5.74, 6) is 0.337. The molecule has 180 valence electrons. The number of hydrogen-bond acceptors (Lipinski definition) is 6. The summed E-state index contributed by atoms with van der Waals surface area (Å²) >= 11 is 0. The van der Waals surface area contributed by atoms with Gasteiger partial charge in [0, 0.05) is 30.5 Å². The quantitative estimate of drug-likeness (QED) is 0.484. The van der Waals surface area contributed by atoms with E-state index in [1.807, 2.05) is 0 Å². The van der Waals surface area contributed by atoms with Gasteiger partial charge >= 0.3 is 6.03 Å². The molecule has 11 heteroatoms. The third kappa shape index (κ3) is 4.71. The predicted molar refractivity (Wildman–Crippen MR) is 130 cm³/mol. The van der Waals surface area contributed by atoms with Gasteiger partial charge in [-0.15, -0.1) is 0 Å². The van der Waals surface area contributed by atoms with E-state index in [0.717, 1.165) is 0 Å². The number of nitrogens with zero attached hydrogens (tertiary/aromatic N) is 1. The minimum atomic E-state index is -4.00. The van der Waals surface area contributed by atoms with Crippen molar-refractivity contribution in [3.05, 3.63) is 72.3 Å². The molecule has 0 saturated carbocycles. The Morgan fingerprint density at radius 3 is 2.43 bits per heavy atom. The Kier molecular flexibility index (Phi) is 5.91. The van der Waals surface area contributed by atoms with E-state index in [2.05, 4.69) is 15.4 Å². The second kappa shape index (κ2) is 9.18. The first-order chi connectivity index (χ1) is 16.9. The molecule has 35 heavy (non-hydrogen) atoms. The maximum atomic E-state index is 13.0. The second-order valence-corrected chi connectivity index (χ2v) is 9.52. The summed E-state index contributed by atoms with van der Waals surface area (Å²) in [6.45, 7) is 1.88. The Bertz CT molecular complexity index is 1390. The third-order valence-electron chi connectivity index (χ3n) is 5.53. The first-order valence-electron chi connectivity index (χ1n) is 10.9. The number of rotatable bonds is 6. The summed E-state index contributed by atoms with van der Waals surface area (Å²) in [6.07, 6.45) is 0. The fourth-order valence-corrected chi connectivity index (χ4v) is 4.90. The fourth-order valence-electron chi connectivity index (χ4n) is 3.81. The highest BCUT2D eigenvalue weighted by Gasteiger charge is 2.23. The molecule has 3 N–H and O–H groups in total. The average molecular weight is 495 g/mol. The maximum absolute atomic E-state index is 13.0. The lowest BCUT2D eigenvalue weighted by Gasteiger charge is -2.19. The maximum Gasteiger partial charge on any atom is 0.321 e. The van der Waals surface area contributed by atoms with Crippen molar-refractivity contribution >= 4 is 39.0 Å². The van der Waals surface area contributed by atoms with Crippen LogP contribution in [0.4, 0.5) is 21.9 Å². The van der Waals surface area contributed by atoms with Crippen molar-refractivity contribution in [3.63, 3.8) is 0 Å². The Labute approximate surface area is 201 Å². The number of para-hydroxylation sites is 1. The van der Waals surface area contributed by atoms with Crippen molar-refractivity contribution in [2.75, 3.05) is 41.2 Å². The fraction of sp³-hybridized carbons (Fsp3) is 0.167. The Balaban J connectivity index is 1.33. The van der Waals surface area contributed by atoms with Crippen LogP contribution in [0.15, 0.2) is 71.6 Å². The smallest absolute Gasteiger partial charge is 0.321 e. The SMILES string of the molecule is O=C(Nc1ccc(N2CCNC2=O)cc1)c1ccccc1NS(=O)(=O)c1ccc2c(c1)OCCO2. The first-order valence-corrected chi connectivity index (χ1v) is 12.4. The van der Waals surface area contributed by atoms with E-state index < -0.39 is 15.9 Å². The van der Waals surface area contributed by atoms with Crippen LogP contribution in [0.25, 0.3) is 0 Å². The number of nitrogens with one attached hydrogen (secondary N) is 3. The van der Waals surface area contributed by atoms with Crippen molar-refractivity contribution in [1.82, 2.24) is 5.32 Å². The molecule has 0 bridgehead atoms. The van der Waals surface area contributed by atoms with Crippen molar-refractivity contribution in [2.45, 2.75) is 4.90 Å². The highest BCUT2D eigenvalue weighted by molar-refractivity contribution is 7.92. The number of fused-ring (bicyclic) bond motifs is 1. The van der Waals surface area contributed by atoms with Gasteiger partial charge in [0.05, 0.1) is 16.1 Å². The highest BCUT2D eigenvalue weighted by atomic mass is 32.2. The number of hydrogen-bond donors (Lipinski definition) is 3. The number of urea groups is 1. The molecule has 1 saturated heterocycles. The number of carbonyl (C=O) groups is 2. The monoisotopic (exact) mass is 494 g/mol. The molecule has 2 heterocycles. The molecule has 2 aliphatic heterocycles. The van der Waals surface area contributed by atoms with Gasteiger partial charge in [-0.2, -0.15) is 0 Å². The lowest BCUT2D eigenvalue weighted by molar-refractivity contribution is 0.102. The third-order valence-corrected chi connectivity index (χ3v) is 6.90. The average Bonchev–Trinajstić information content (AvgIpc) is 3.30. The lowest BCUT2D eigenvalue weighted by atomic mass is 10.1. The summed E-state index contributed by atoms with van der Waals surface area (Å²) in [5, 5.41) is 5.50. The van der Waals surface area contributed by atoms with Gasteiger partial charge in [0.1, 0.15) is 13.2 Å². The molecule has 0 aromatic heterocycles. The summed E-state index contributed by atoms with van der Waals surface area (Å²) in [5.41, 5.74) is 1.50. The number of benzene rings is 3. The van der Waals surface area contributed by atoms with Gasteiger partial charge in [0.2, 0.25) is 0 Å². The van der Waals surface area contributed by atoms with Crippen LogP contribution in [0.2, 0.25) is 0 Å². The number of anilines is 3. The van der Waals surface area contributed by atoms with Crippen LogP contribution in [0.5, 0.6) is 11.5 Å². The zero-order valence-corrected chi connectivity index (χ0v) is 19.3.